The van der Waals surface area contributed by atoms with Crippen LogP contribution in [0, 0.1) is 0 Å². The largest absolute Gasteiger partial charge is 0.0876 e. The van der Waals surface area contributed by atoms with E-state index in [1.807, 2.05) is 0 Å². The molecule has 0 saturated carbocycles. The molecule has 3 heteroatoms. The summed E-state index contributed by atoms with van der Waals surface area (Å²) >= 11 is 7.28. The number of hydrogen-bond donors (Lipinski definition) is 0. The number of rotatable bonds is 3. The summed E-state index contributed by atoms with van der Waals surface area (Å²) in [4.78, 5) is 0. The minimum absolute atomic E-state index is 0.377. The summed E-state index contributed by atoms with van der Waals surface area (Å²) in [5, 5.41) is 3.91. The van der Waals surface area contributed by atoms with Crippen molar-refractivity contribution in [3.8, 4) is 0 Å². The average Bonchev–Trinajstić information content (AvgIpc) is 2.26. The zero-order valence-electron chi connectivity index (χ0n) is 11.4. The van der Waals surface area contributed by atoms with E-state index in [2.05, 4.69) is 83.9 Å². The Labute approximate surface area is 123 Å². The summed E-state index contributed by atoms with van der Waals surface area (Å²) in [7, 11) is -1.47. The van der Waals surface area contributed by atoms with E-state index in [0.29, 0.717) is 5.04 Å². The molecule has 0 heterocycles. The lowest BCUT2D eigenvalue weighted by molar-refractivity contribution is 0.729. The van der Waals surface area contributed by atoms with Crippen LogP contribution in [0.1, 0.15) is 31.9 Å². The quantitative estimate of drug-likeness (QED) is 0.502. The smallest absolute Gasteiger partial charge is 0.0867 e. The van der Waals surface area contributed by atoms with Gasteiger partial charge < -0.3 is 0 Å². The first-order chi connectivity index (χ1) is 7.75. The number of benzene rings is 1. The van der Waals surface area contributed by atoms with Crippen molar-refractivity contribution in [1.29, 1.82) is 0 Å². The first-order valence-corrected chi connectivity index (χ1v) is 11.2. The van der Waals surface area contributed by atoms with Crippen LogP contribution in [-0.2, 0) is 10.7 Å². The summed E-state index contributed by atoms with van der Waals surface area (Å²) in [6.07, 6.45) is 0. The fraction of sp³-hybridized carbons (Fsp3) is 0.571. The third kappa shape index (κ3) is 3.05. The normalized spacial score (nSPS) is 12.9. The van der Waals surface area contributed by atoms with Crippen LogP contribution in [-0.4, -0.2) is 8.07 Å². The summed E-state index contributed by atoms with van der Waals surface area (Å²) in [6.45, 7) is 12.1. The molecule has 0 bridgehead atoms. The maximum Gasteiger partial charge on any atom is 0.0867 e. The van der Waals surface area contributed by atoms with Gasteiger partial charge in [-0.3, -0.25) is 0 Å². The fourth-order valence-corrected chi connectivity index (χ4v) is 6.20. The molecule has 0 saturated heterocycles. The summed E-state index contributed by atoms with van der Waals surface area (Å²) < 4.78 is 0. The van der Waals surface area contributed by atoms with Crippen LogP contribution in [0.15, 0.2) is 18.2 Å². The standard InChI is InChI=1S/C14H22Br2Si/c1-14(2,3)17(4,5)13-11(9-15)7-6-8-12(13)10-16/h6-8H,9-10H2,1-5H3. The van der Waals surface area contributed by atoms with Crippen LogP contribution in [0.4, 0.5) is 0 Å². The maximum atomic E-state index is 3.64. The van der Waals surface area contributed by atoms with E-state index in [9.17, 15) is 0 Å². The van der Waals surface area contributed by atoms with Crippen LogP contribution < -0.4 is 5.19 Å². The molecule has 17 heavy (non-hydrogen) atoms. The lowest BCUT2D eigenvalue weighted by Crippen LogP contribution is -2.52. The summed E-state index contributed by atoms with van der Waals surface area (Å²) in [5.74, 6) is 0. The first kappa shape index (κ1) is 15.5. The van der Waals surface area contributed by atoms with Gasteiger partial charge in [-0.25, -0.2) is 0 Å². The van der Waals surface area contributed by atoms with Gasteiger partial charge in [0.15, 0.2) is 0 Å². The van der Waals surface area contributed by atoms with Gasteiger partial charge in [-0.1, -0.05) is 89.1 Å². The second-order valence-corrected chi connectivity index (χ2v) is 12.5. The van der Waals surface area contributed by atoms with Crippen LogP contribution in [0.3, 0.4) is 0 Å². The van der Waals surface area contributed by atoms with Crippen LogP contribution in [0.5, 0.6) is 0 Å². The maximum absolute atomic E-state index is 3.64. The van der Waals surface area contributed by atoms with E-state index in [-0.39, 0.29) is 0 Å². The SMILES string of the molecule is CC(C)(C)[Si](C)(C)c1c(CBr)cccc1CBr. The molecule has 0 amide bonds. The van der Waals surface area contributed by atoms with E-state index in [1.165, 1.54) is 11.1 Å². The highest BCUT2D eigenvalue weighted by atomic mass is 79.9. The predicted octanol–water partition coefficient (Wildman–Crippen LogP) is 5.19. The van der Waals surface area contributed by atoms with Crippen molar-refractivity contribution in [2.75, 3.05) is 0 Å². The van der Waals surface area contributed by atoms with Gasteiger partial charge in [-0.05, 0) is 16.2 Å². The topological polar surface area (TPSA) is 0 Å². The van der Waals surface area contributed by atoms with Gasteiger partial charge in [-0.2, -0.15) is 0 Å². The monoisotopic (exact) mass is 376 g/mol. The van der Waals surface area contributed by atoms with Crippen molar-refractivity contribution >= 4 is 45.1 Å². The molecule has 0 radical (unpaired) electrons. The second kappa shape index (κ2) is 5.58. The number of hydrogen-bond acceptors (Lipinski definition) is 0. The highest BCUT2D eigenvalue weighted by Gasteiger charge is 2.39. The Morgan fingerprint density at radius 1 is 1.00 bits per heavy atom. The predicted molar refractivity (Wildman–Crippen MR) is 88.5 cm³/mol. The molecule has 0 spiro atoms. The van der Waals surface area contributed by atoms with Gasteiger partial charge in [0, 0.05) is 10.7 Å². The Kier molecular flexibility index (Phi) is 5.07. The van der Waals surface area contributed by atoms with Gasteiger partial charge in [0.1, 0.15) is 0 Å². The minimum Gasteiger partial charge on any atom is -0.0876 e. The molecule has 0 aromatic heterocycles. The summed E-state index contributed by atoms with van der Waals surface area (Å²) in [6, 6.07) is 6.69. The Balaban J connectivity index is 3.47. The van der Waals surface area contributed by atoms with Crippen molar-refractivity contribution in [3.05, 3.63) is 29.3 Å². The van der Waals surface area contributed by atoms with Crippen molar-refractivity contribution in [2.45, 2.75) is 49.6 Å². The second-order valence-electron chi connectivity index (χ2n) is 6.09. The summed E-state index contributed by atoms with van der Waals surface area (Å²) in [5.41, 5.74) is 2.93. The van der Waals surface area contributed by atoms with E-state index in [4.69, 9.17) is 0 Å². The molecular formula is C14H22Br2Si. The van der Waals surface area contributed by atoms with Crippen molar-refractivity contribution in [2.24, 2.45) is 0 Å². The molecule has 0 fully saturated rings. The molecule has 0 aliphatic carbocycles. The van der Waals surface area contributed by atoms with Gasteiger partial charge in [0.05, 0.1) is 8.07 Å². The third-order valence-electron chi connectivity index (χ3n) is 4.02. The molecule has 1 aromatic rings. The highest BCUT2D eigenvalue weighted by molar-refractivity contribution is 9.08. The van der Waals surface area contributed by atoms with Gasteiger partial charge in [0.2, 0.25) is 0 Å². The van der Waals surface area contributed by atoms with Crippen molar-refractivity contribution < 1.29 is 0 Å². The lowest BCUT2D eigenvalue weighted by atomic mass is 10.1. The molecule has 0 unspecified atom stereocenters. The number of alkyl halides is 2. The Bertz CT molecular complexity index is 369. The molecule has 0 aliphatic heterocycles. The van der Waals surface area contributed by atoms with Gasteiger partial charge in [-0.15, -0.1) is 0 Å². The minimum atomic E-state index is -1.47. The molecule has 0 N–H and O–H groups in total. The van der Waals surface area contributed by atoms with E-state index >= 15 is 0 Å². The molecule has 1 rings (SSSR count). The average molecular weight is 378 g/mol. The third-order valence-corrected chi connectivity index (χ3v) is 10.9. The molecule has 0 atom stereocenters. The van der Waals surface area contributed by atoms with Crippen LogP contribution >= 0.6 is 31.9 Å². The van der Waals surface area contributed by atoms with Crippen LogP contribution in [0.25, 0.3) is 0 Å². The van der Waals surface area contributed by atoms with Gasteiger partial charge in [0.25, 0.3) is 0 Å². The highest BCUT2D eigenvalue weighted by Crippen LogP contribution is 2.37. The molecule has 96 valence electrons. The lowest BCUT2D eigenvalue weighted by Gasteiger charge is -2.39. The Morgan fingerprint density at radius 3 is 1.71 bits per heavy atom. The van der Waals surface area contributed by atoms with Crippen molar-refractivity contribution in [3.63, 3.8) is 0 Å². The molecule has 0 aliphatic rings. The van der Waals surface area contributed by atoms with E-state index in [1.54, 1.807) is 5.19 Å². The molecule has 1 aromatic carbocycles. The van der Waals surface area contributed by atoms with Gasteiger partial charge >= 0.3 is 0 Å². The number of halogens is 2. The van der Waals surface area contributed by atoms with Crippen molar-refractivity contribution in [1.82, 2.24) is 0 Å². The Morgan fingerprint density at radius 2 is 1.41 bits per heavy atom. The van der Waals surface area contributed by atoms with E-state index in [0.717, 1.165) is 10.7 Å². The first-order valence-electron chi connectivity index (χ1n) is 5.99. The molecular weight excluding hydrogens is 356 g/mol. The van der Waals surface area contributed by atoms with Crippen LogP contribution in [0.2, 0.25) is 18.1 Å². The molecule has 0 nitrogen and oxygen atoms in total. The fourth-order valence-electron chi connectivity index (χ4n) is 2.05. The zero-order chi connectivity index (χ0) is 13.3. The zero-order valence-corrected chi connectivity index (χ0v) is 15.6. The van der Waals surface area contributed by atoms with E-state index < -0.39 is 8.07 Å². The Hall–Kier alpha value is 0.397.